The zero-order valence-corrected chi connectivity index (χ0v) is 18.4. The number of amides is 3. The number of methoxy groups -OCH3 is 1. The largest absolute Gasteiger partial charge is 0.493 e. The highest BCUT2D eigenvalue weighted by Gasteiger charge is 2.42. The second kappa shape index (κ2) is 10.1. The number of nitrogens with one attached hydrogen (secondary N) is 2. The lowest BCUT2D eigenvalue weighted by atomic mass is 9.72. The lowest BCUT2D eigenvalue weighted by Gasteiger charge is -2.35. The summed E-state index contributed by atoms with van der Waals surface area (Å²) in [7, 11) is 1.55. The highest BCUT2D eigenvalue weighted by atomic mass is 16.5. The van der Waals surface area contributed by atoms with Crippen molar-refractivity contribution >= 4 is 23.4 Å². The summed E-state index contributed by atoms with van der Waals surface area (Å²) >= 11 is 0. The lowest BCUT2D eigenvalue weighted by molar-refractivity contribution is -0.138. The van der Waals surface area contributed by atoms with E-state index in [-0.39, 0.29) is 24.3 Å². The molecule has 168 valence electrons. The molecule has 3 rings (SSSR count). The van der Waals surface area contributed by atoms with Crippen molar-refractivity contribution in [1.29, 1.82) is 0 Å². The van der Waals surface area contributed by atoms with E-state index in [2.05, 4.69) is 17.2 Å². The van der Waals surface area contributed by atoms with Crippen molar-refractivity contribution in [3.8, 4) is 11.5 Å². The quantitative estimate of drug-likeness (QED) is 0.463. The second-order valence-corrected chi connectivity index (χ2v) is 7.71. The van der Waals surface area contributed by atoms with Gasteiger partial charge in [-0.2, -0.15) is 0 Å². The van der Waals surface area contributed by atoms with E-state index in [1.807, 2.05) is 31.2 Å². The SMILES string of the molecule is C=CCc1ccc(OCC(=O)Nc2ccc(C3(CC)CCC(=O)NC3=O)cc2)c(OC)c1. The molecule has 1 heterocycles. The normalized spacial score (nSPS) is 17.9. The Balaban J connectivity index is 1.62. The molecule has 32 heavy (non-hydrogen) atoms. The predicted molar refractivity (Wildman–Crippen MR) is 122 cm³/mol. The Hall–Kier alpha value is -3.61. The first-order valence-electron chi connectivity index (χ1n) is 10.6. The zero-order chi connectivity index (χ0) is 23.1. The third kappa shape index (κ3) is 4.99. The van der Waals surface area contributed by atoms with Gasteiger partial charge in [-0.05, 0) is 54.7 Å². The number of benzene rings is 2. The molecule has 0 saturated carbocycles. The Labute approximate surface area is 187 Å². The van der Waals surface area contributed by atoms with Gasteiger partial charge in [0.15, 0.2) is 18.1 Å². The maximum atomic E-state index is 12.5. The van der Waals surface area contributed by atoms with Crippen molar-refractivity contribution in [2.75, 3.05) is 19.0 Å². The summed E-state index contributed by atoms with van der Waals surface area (Å²) in [6, 6.07) is 12.6. The molecule has 1 aliphatic heterocycles. The van der Waals surface area contributed by atoms with Gasteiger partial charge in [0, 0.05) is 12.1 Å². The van der Waals surface area contributed by atoms with Crippen LogP contribution in [0, 0.1) is 0 Å². The minimum absolute atomic E-state index is 0.178. The van der Waals surface area contributed by atoms with Crippen molar-refractivity contribution in [3.05, 3.63) is 66.2 Å². The van der Waals surface area contributed by atoms with Crippen molar-refractivity contribution in [2.24, 2.45) is 0 Å². The van der Waals surface area contributed by atoms with Crippen LogP contribution in [-0.4, -0.2) is 31.4 Å². The fourth-order valence-electron chi connectivity index (χ4n) is 3.90. The van der Waals surface area contributed by atoms with E-state index in [9.17, 15) is 14.4 Å². The fourth-order valence-corrected chi connectivity index (χ4v) is 3.90. The van der Waals surface area contributed by atoms with E-state index in [0.717, 1.165) is 11.1 Å². The van der Waals surface area contributed by atoms with Gasteiger partial charge in [-0.15, -0.1) is 6.58 Å². The first-order chi connectivity index (χ1) is 15.4. The van der Waals surface area contributed by atoms with Crippen molar-refractivity contribution in [3.63, 3.8) is 0 Å². The Morgan fingerprint density at radius 2 is 1.94 bits per heavy atom. The molecule has 7 heteroatoms. The van der Waals surface area contributed by atoms with Crippen LogP contribution in [0.4, 0.5) is 5.69 Å². The molecule has 1 atom stereocenters. The molecule has 0 bridgehead atoms. The molecule has 2 N–H and O–H groups in total. The Morgan fingerprint density at radius 1 is 1.19 bits per heavy atom. The summed E-state index contributed by atoms with van der Waals surface area (Å²) in [5.74, 6) is 0.203. The maximum absolute atomic E-state index is 12.5. The van der Waals surface area contributed by atoms with E-state index < -0.39 is 5.41 Å². The van der Waals surface area contributed by atoms with Crippen LogP contribution in [-0.2, 0) is 26.2 Å². The number of carbonyl (C=O) groups is 3. The van der Waals surface area contributed by atoms with E-state index in [1.165, 1.54) is 0 Å². The molecule has 2 aromatic carbocycles. The van der Waals surface area contributed by atoms with Gasteiger partial charge in [0.1, 0.15) is 0 Å². The lowest BCUT2D eigenvalue weighted by Crippen LogP contribution is -2.51. The van der Waals surface area contributed by atoms with Gasteiger partial charge in [-0.25, -0.2) is 0 Å². The highest BCUT2D eigenvalue weighted by molar-refractivity contribution is 6.03. The van der Waals surface area contributed by atoms with Crippen LogP contribution >= 0.6 is 0 Å². The van der Waals surface area contributed by atoms with E-state index in [1.54, 1.807) is 31.4 Å². The van der Waals surface area contributed by atoms with Gasteiger partial charge in [-0.1, -0.05) is 31.2 Å². The monoisotopic (exact) mass is 436 g/mol. The maximum Gasteiger partial charge on any atom is 0.262 e. The van der Waals surface area contributed by atoms with Gasteiger partial charge in [0.2, 0.25) is 11.8 Å². The average Bonchev–Trinajstić information content (AvgIpc) is 2.79. The van der Waals surface area contributed by atoms with Crippen LogP contribution < -0.4 is 20.1 Å². The third-order valence-corrected chi connectivity index (χ3v) is 5.76. The van der Waals surface area contributed by atoms with Crippen molar-refractivity contribution in [2.45, 2.75) is 38.0 Å². The van der Waals surface area contributed by atoms with Crippen LogP contribution in [0.25, 0.3) is 0 Å². The molecule has 3 amide bonds. The van der Waals surface area contributed by atoms with E-state index in [0.29, 0.717) is 42.9 Å². The first kappa shape index (κ1) is 23.1. The summed E-state index contributed by atoms with van der Waals surface area (Å²) in [5, 5.41) is 5.23. The van der Waals surface area contributed by atoms with Crippen LogP contribution in [0.1, 0.15) is 37.3 Å². The minimum Gasteiger partial charge on any atom is -0.493 e. The molecule has 1 aliphatic rings. The van der Waals surface area contributed by atoms with Crippen molar-refractivity contribution in [1.82, 2.24) is 5.32 Å². The topological polar surface area (TPSA) is 93.7 Å². The molecule has 0 aromatic heterocycles. The summed E-state index contributed by atoms with van der Waals surface area (Å²) in [4.78, 5) is 36.4. The minimum atomic E-state index is -0.728. The number of piperidine rings is 1. The number of allylic oxidation sites excluding steroid dienone is 1. The van der Waals surface area contributed by atoms with Gasteiger partial charge in [-0.3, -0.25) is 19.7 Å². The molecule has 1 fully saturated rings. The van der Waals surface area contributed by atoms with Crippen LogP contribution in [0.2, 0.25) is 0 Å². The smallest absolute Gasteiger partial charge is 0.262 e. The third-order valence-electron chi connectivity index (χ3n) is 5.76. The Morgan fingerprint density at radius 3 is 2.56 bits per heavy atom. The van der Waals surface area contributed by atoms with Crippen LogP contribution in [0.15, 0.2) is 55.1 Å². The molecule has 7 nitrogen and oxygen atoms in total. The molecule has 1 saturated heterocycles. The molecule has 0 aliphatic carbocycles. The standard InChI is InChI=1S/C25H28N2O5/c1-4-6-17-7-12-20(21(15-17)31-3)32-16-23(29)26-19-10-8-18(9-11-19)25(5-2)14-13-22(28)27-24(25)30/h4,7-12,15H,1,5-6,13-14,16H2,2-3H3,(H,26,29)(H,27,28,30). The second-order valence-electron chi connectivity index (χ2n) is 7.71. The summed E-state index contributed by atoms with van der Waals surface area (Å²) in [5.41, 5.74) is 1.72. The van der Waals surface area contributed by atoms with Gasteiger partial charge >= 0.3 is 0 Å². The number of rotatable bonds is 9. The van der Waals surface area contributed by atoms with E-state index >= 15 is 0 Å². The number of carbonyl (C=O) groups excluding carboxylic acids is 3. The van der Waals surface area contributed by atoms with Gasteiger partial charge in [0.05, 0.1) is 12.5 Å². The molecule has 2 aromatic rings. The zero-order valence-electron chi connectivity index (χ0n) is 18.4. The molecule has 0 spiro atoms. The summed E-state index contributed by atoms with van der Waals surface area (Å²) in [6.45, 7) is 5.48. The molecule has 0 radical (unpaired) electrons. The molecular formula is C25H28N2O5. The molecule has 1 unspecified atom stereocenters. The molecular weight excluding hydrogens is 408 g/mol. The summed E-state index contributed by atoms with van der Waals surface area (Å²) in [6.07, 6.45) is 3.88. The van der Waals surface area contributed by atoms with E-state index in [4.69, 9.17) is 9.47 Å². The summed E-state index contributed by atoms with van der Waals surface area (Å²) < 4.78 is 11.0. The predicted octanol–water partition coefficient (Wildman–Crippen LogP) is 3.53. The first-order valence-corrected chi connectivity index (χ1v) is 10.6. The van der Waals surface area contributed by atoms with Crippen molar-refractivity contribution < 1.29 is 23.9 Å². The number of anilines is 1. The fraction of sp³-hybridized carbons (Fsp3) is 0.320. The number of hydrogen-bond acceptors (Lipinski definition) is 5. The number of ether oxygens (including phenoxy) is 2. The van der Waals surface area contributed by atoms with Crippen LogP contribution in [0.5, 0.6) is 11.5 Å². The number of hydrogen-bond donors (Lipinski definition) is 2. The van der Waals surface area contributed by atoms with Gasteiger partial charge in [0.25, 0.3) is 5.91 Å². The highest BCUT2D eigenvalue weighted by Crippen LogP contribution is 2.36. The van der Waals surface area contributed by atoms with Gasteiger partial charge < -0.3 is 14.8 Å². The van der Waals surface area contributed by atoms with Crippen LogP contribution in [0.3, 0.4) is 0 Å². The number of imide groups is 1. The average molecular weight is 437 g/mol. The Bertz CT molecular complexity index is 1020. The Kier molecular flexibility index (Phi) is 7.30.